The highest BCUT2D eigenvalue weighted by molar-refractivity contribution is 9.10. The molecule has 0 aromatic heterocycles. The summed E-state index contributed by atoms with van der Waals surface area (Å²) in [5.41, 5.74) is 0.186. The second-order valence-electron chi connectivity index (χ2n) is 4.01. The van der Waals surface area contributed by atoms with E-state index in [9.17, 15) is 17.6 Å². The first kappa shape index (κ1) is 15.9. The molecule has 8 heteroatoms. The number of hydrogen-bond acceptors (Lipinski definition) is 3. The Balaban J connectivity index is 2.24. The molecule has 0 unspecified atom stereocenters. The van der Waals surface area contributed by atoms with Crippen molar-refractivity contribution in [2.24, 2.45) is 0 Å². The van der Waals surface area contributed by atoms with Crippen LogP contribution in [0.4, 0.5) is 10.1 Å². The van der Waals surface area contributed by atoms with Gasteiger partial charge in [0.05, 0.1) is 10.5 Å². The quantitative estimate of drug-likeness (QED) is 0.809. The highest BCUT2D eigenvalue weighted by Gasteiger charge is 2.16. The van der Waals surface area contributed by atoms with E-state index in [2.05, 4.69) is 21.2 Å². The summed E-state index contributed by atoms with van der Waals surface area (Å²) in [5, 5.41) is 2.47. The van der Waals surface area contributed by atoms with Crippen LogP contribution in [0.3, 0.4) is 0 Å². The van der Waals surface area contributed by atoms with E-state index >= 15 is 0 Å². The van der Waals surface area contributed by atoms with Crippen LogP contribution in [0.15, 0.2) is 51.8 Å². The molecular weight excluding hydrogens is 385 g/mol. The van der Waals surface area contributed by atoms with Crippen LogP contribution in [0.2, 0.25) is 0 Å². The number of hydrogen-bond donors (Lipinski definition) is 1. The van der Waals surface area contributed by atoms with Gasteiger partial charge in [0.15, 0.2) is 0 Å². The van der Waals surface area contributed by atoms with Gasteiger partial charge in [0.25, 0.3) is 15.0 Å². The number of nitrogens with one attached hydrogen (secondary N) is 1. The Morgan fingerprint density at radius 1 is 1.14 bits per heavy atom. The minimum absolute atomic E-state index is 0.0887. The molecule has 110 valence electrons. The van der Waals surface area contributed by atoms with Gasteiger partial charge in [-0.25, -0.2) is 12.8 Å². The number of halogens is 3. The molecule has 1 N–H and O–H groups in total. The monoisotopic (exact) mass is 391 g/mol. The van der Waals surface area contributed by atoms with Gasteiger partial charge in [0, 0.05) is 20.8 Å². The van der Waals surface area contributed by atoms with E-state index in [1.807, 2.05) is 0 Å². The standard InChI is InChI=1S/C13H8BrClFNO3S/c14-10-2-1-3-11(16)12(10)13(18)17-8-4-6-9(7-5-8)21(15,19)20/h1-7H,(H,17,18). The lowest BCUT2D eigenvalue weighted by molar-refractivity contribution is 0.102. The number of carbonyl (C=O) groups excluding carboxylic acids is 1. The fraction of sp³-hybridized carbons (Fsp3) is 0. The van der Waals surface area contributed by atoms with Crippen LogP contribution in [0.5, 0.6) is 0 Å². The first-order valence-corrected chi connectivity index (χ1v) is 8.69. The van der Waals surface area contributed by atoms with Crippen LogP contribution in [0.25, 0.3) is 0 Å². The predicted octanol–water partition coefficient (Wildman–Crippen LogP) is 3.77. The normalized spacial score (nSPS) is 11.2. The van der Waals surface area contributed by atoms with Crippen LogP contribution in [0, 0.1) is 5.82 Å². The fourth-order valence-corrected chi connectivity index (χ4v) is 2.90. The number of anilines is 1. The number of rotatable bonds is 3. The third-order valence-corrected chi connectivity index (χ3v) is 4.61. The molecule has 2 aromatic carbocycles. The smallest absolute Gasteiger partial charge is 0.261 e. The summed E-state index contributed by atoms with van der Waals surface area (Å²) in [4.78, 5) is 11.9. The molecule has 0 saturated carbocycles. The number of amides is 1. The van der Waals surface area contributed by atoms with Gasteiger partial charge in [0.1, 0.15) is 5.82 Å². The van der Waals surface area contributed by atoms with Crippen molar-refractivity contribution in [3.63, 3.8) is 0 Å². The third kappa shape index (κ3) is 3.81. The summed E-state index contributed by atoms with van der Waals surface area (Å²) in [7, 11) is 1.36. The number of carbonyl (C=O) groups is 1. The molecule has 1 amide bonds. The van der Waals surface area contributed by atoms with Gasteiger partial charge in [-0.15, -0.1) is 0 Å². The van der Waals surface area contributed by atoms with E-state index < -0.39 is 20.8 Å². The molecule has 0 aliphatic carbocycles. The average molecular weight is 393 g/mol. The van der Waals surface area contributed by atoms with Crippen molar-refractivity contribution >= 4 is 47.3 Å². The predicted molar refractivity (Wildman–Crippen MR) is 81.5 cm³/mol. The second-order valence-corrected chi connectivity index (χ2v) is 7.43. The molecule has 0 aliphatic rings. The lowest BCUT2D eigenvalue weighted by Crippen LogP contribution is -2.14. The van der Waals surface area contributed by atoms with Crippen LogP contribution in [-0.2, 0) is 9.05 Å². The minimum atomic E-state index is -3.82. The summed E-state index contributed by atoms with van der Waals surface area (Å²) in [6.45, 7) is 0. The Morgan fingerprint density at radius 2 is 1.76 bits per heavy atom. The van der Waals surface area contributed by atoms with Crippen molar-refractivity contribution in [2.45, 2.75) is 4.90 Å². The van der Waals surface area contributed by atoms with E-state index in [0.29, 0.717) is 10.2 Å². The van der Waals surface area contributed by atoms with Gasteiger partial charge in [-0.3, -0.25) is 4.79 Å². The Morgan fingerprint density at radius 3 is 2.29 bits per heavy atom. The summed E-state index contributed by atoms with van der Waals surface area (Å²) in [6.07, 6.45) is 0. The molecule has 2 aromatic rings. The van der Waals surface area contributed by atoms with E-state index in [1.54, 1.807) is 6.07 Å². The minimum Gasteiger partial charge on any atom is -0.322 e. The molecule has 0 spiro atoms. The lowest BCUT2D eigenvalue weighted by Gasteiger charge is -2.08. The summed E-state index contributed by atoms with van der Waals surface area (Å²) in [5.74, 6) is -1.32. The van der Waals surface area contributed by atoms with Gasteiger partial charge in [-0.2, -0.15) is 0 Å². The maximum atomic E-state index is 13.6. The molecule has 21 heavy (non-hydrogen) atoms. The van der Waals surface area contributed by atoms with Crippen LogP contribution in [-0.4, -0.2) is 14.3 Å². The van der Waals surface area contributed by atoms with E-state index in [4.69, 9.17) is 10.7 Å². The lowest BCUT2D eigenvalue weighted by atomic mass is 10.2. The van der Waals surface area contributed by atoms with Gasteiger partial charge in [-0.05, 0) is 52.3 Å². The van der Waals surface area contributed by atoms with Crippen molar-refractivity contribution in [3.05, 3.63) is 58.3 Å². The largest absolute Gasteiger partial charge is 0.322 e. The first-order chi connectivity index (χ1) is 9.79. The van der Waals surface area contributed by atoms with Crippen molar-refractivity contribution in [1.82, 2.24) is 0 Å². The van der Waals surface area contributed by atoms with Crippen molar-refractivity contribution < 1.29 is 17.6 Å². The summed E-state index contributed by atoms with van der Waals surface area (Å²) >= 11 is 3.10. The first-order valence-electron chi connectivity index (χ1n) is 5.59. The zero-order valence-electron chi connectivity index (χ0n) is 10.3. The van der Waals surface area contributed by atoms with Gasteiger partial charge in [0.2, 0.25) is 0 Å². The summed E-state index contributed by atoms with van der Waals surface area (Å²) < 4.78 is 36.2. The van der Waals surface area contributed by atoms with Crippen LogP contribution >= 0.6 is 26.6 Å². The fourth-order valence-electron chi connectivity index (χ4n) is 1.61. The number of benzene rings is 2. The van der Waals surface area contributed by atoms with Gasteiger partial charge < -0.3 is 5.32 Å². The van der Waals surface area contributed by atoms with E-state index in [1.165, 1.54) is 36.4 Å². The zero-order valence-corrected chi connectivity index (χ0v) is 13.5. The third-order valence-electron chi connectivity index (χ3n) is 2.58. The average Bonchev–Trinajstić information content (AvgIpc) is 2.38. The molecule has 0 radical (unpaired) electrons. The summed E-state index contributed by atoms with van der Waals surface area (Å²) in [6, 6.07) is 9.40. The van der Waals surface area contributed by atoms with Crippen LogP contribution < -0.4 is 5.32 Å². The molecular formula is C13H8BrClFNO3S. The zero-order chi connectivity index (χ0) is 15.6. The van der Waals surface area contributed by atoms with Crippen molar-refractivity contribution in [1.29, 1.82) is 0 Å². The molecule has 4 nitrogen and oxygen atoms in total. The maximum absolute atomic E-state index is 13.6. The molecule has 0 aliphatic heterocycles. The SMILES string of the molecule is O=C(Nc1ccc(S(=O)(=O)Cl)cc1)c1c(F)cccc1Br. The molecule has 0 atom stereocenters. The second kappa shape index (κ2) is 6.13. The molecule has 0 fully saturated rings. The Labute approximate surface area is 133 Å². The highest BCUT2D eigenvalue weighted by Crippen LogP contribution is 2.22. The molecule has 0 bridgehead atoms. The van der Waals surface area contributed by atoms with Crippen molar-refractivity contribution in [2.75, 3.05) is 5.32 Å². The maximum Gasteiger partial charge on any atom is 0.261 e. The molecule has 0 saturated heterocycles. The van der Waals surface area contributed by atoms with Gasteiger partial charge in [-0.1, -0.05) is 6.07 Å². The molecule has 0 heterocycles. The molecule has 2 rings (SSSR count). The Kier molecular flexibility index (Phi) is 4.65. The van der Waals surface area contributed by atoms with Gasteiger partial charge >= 0.3 is 0 Å². The highest BCUT2D eigenvalue weighted by atomic mass is 79.9. The van der Waals surface area contributed by atoms with Crippen LogP contribution in [0.1, 0.15) is 10.4 Å². The van der Waals surface area contributed by atoms with E-state index in [-0.39, 0.29) is 10.5 Å². The Hall–Kier alpha value is -1.44. The topological polar surface area (TPSA) is 63.2 Å². The Bertz CT molecular complexity index is 773. The van der Waals surface area contributed by atoms with Crippen molar-refractivity contribution in [3.8, 4) is 0 Å². The van der Waals surface area contributed by atoms with E-state index in [0.717, 1.165) is 0 Å².